The van der Waals surface area contributed by atoms with Crippen LogP contribution in [0.1, 0.15) is 12.5 Å². The van der Waals surface area contributed by atoms with Crippen LogP contribution in [-0.2, 0) is 5.60 Å². The minimum absolute atomic E-state index is 0.138. The highest BCUT2D eigenvalue weighted by atomic mass is 32.1. The number of anilines is 1. The van der Waals surface area contributed by atoms with Crippen molar-refractivity contribution in [3.8, 4) is 0 Å². The highest BCUT2D eigenvalue weighted by Crippen LogP contribution is 2.22. The fraction of sp³-hybridized carbons (Fsp3) is 0.214. The van der Waals surface area contributed by atoms with Crippen LogP contribution in [0, 0.1) is 17.5 Å². The molecular weight excluding hydrogens is 317 g/mol. The molecule has 0 aliphatic carbocycles. The van der Waals surface area contributed by atoms with Crippen molar-refractivity contribution in [2.45, 2.75) is 12.5 Å². The standard InChI is InChI=1S/C14H13F3N2O2S/c1-14(21,8-4-5-22-6-8)7-18-13(20)19-10-3-2-9(15)11(16)12(10)17/h2-6,21H,7H2,1H3,(H2,18,19,20). The van der Waals surface area contributed by atoms with Crippen LogP contribution in [0.25, 0.3) is 0 Å². The first kappa shape index (κ1) is 16.3. The van der Waals surface area contributed by atoms with Gasteiger partial charge in [-0.3, -0.25) is 0 Å². The van der Waals surface area contributed by atoms with Crippen LogP contribution < -0.4 is 10.6 Å². The maximum absolute atomic E-state index is 13.4. The number of nitrogens with one attached hydrogen (secondary N) is 2. The summed E-state index contributed by atoms with van der Waals surface area (Å²) in [7, 11) is 0. The zero-order chi connectivity index (χ0) is 16.3. The Morgan fingerprint density at radius 1 is 1.27 bits per heavy atom. The van der Waals surface area contributed by atoms with Crippen molar-refractivity contribution in [1.29, 1.82) is 0 Å². The largest absolute Gasteiger partial charge is 0.384 e. The smallest absolute Gasteiger partial charge is 0.319 e. The summed E-state index contributed by atoms with van der Waals surface area (Å²) in [4.78, 5) is 11.7. The van der Waals surface area contributed by atoms with E-state index in [4.69, 9.17) is 0 Å². The lowest BCUT2D eigenvalue weighted by molar-refractivity contribution is 0.0604. The minimum atomic E-state index is -1.66. The number of carbonyl (C=O) groups excluding carboxylic acids is 1. The Kier molecular flexibility index (Phi) is 4.72. The van der Waals surface area contributed by atoms with Crippen LogP contribution in [0.2, 0.25) is 0 Å². The number of benzene rings is 1. The van der Waals surface area contributed by atoms with Crippen molar-refractivity contribution < 1.29 is 23.1 Å². The lowest BCUT2D eigenvalue weighted by Gasteiger charge is -2.22. The molecule has 2 rings (SSSR count). The fourth-order valence-electron chi connectivity index (χ4n) is 1.71. The van der Waals surface area contributed by atoms with Crippen molar-refractivity contribution in [1.82, 2.24) is 5.32 Å². The van der Waals surface area contributed by atoms with E-state index in [2.05, 4.69) is 10.6 Å². The quantitative estimate of drug-likeness (QED) is 0.754. The number of thiophene rings is 1. The van der Waals surface area contributed by atoms with Crippen LogP contribution in [0.3, 0.4) is 0 Å². The van der Waals surface area contributed by atoms with Gasteiger partial charge in [0.2, 0.25) is 0 Å². The molecule has 0 radical (unpaired) electrons. The van der Waals surface area contributed by atoms with Crippen molar-refractivity contribution >= 4 is 23.1 Å². The highest BCUT2D eigenvalue weighted by molar-refractivity contribution is 7.08. The van der Waals surface area contributed by atoms with E-state index < -0.39 is 34.8 Å². The summed E-state index contributed by atoms with van der Waals surface area (Å²) in [5.41, 5.74) is -1.17. The van der Waals surface area contributed by atoms with Crippen LogP contribution in [0.15, 0.2) is 29.0 Å². The number of amides is 2. The van der Waals surface area contributed by atoms with Crippen LogP contribution in [0.4, 0.5) is 23.7 Å². The molecule has 0 bridgehead atoms. The molecule has 0 fully saturated rings. The predicted molar refractivity (Wildman–Crippen MR) is 77.2 cm³/mol. The molecule has 4 nitrogen and oxygen atoms in total. The van der Waals surface area contributed by atoms with Gasteiger partial charge in [0.15, 0.2) is 17.5 Å². The summed E-state index contributed by atoms with van der Waals surface area (Å²) in [5.74, 6) is -4.49. The number of halogens is 3. The molecule has 1 aromatic heterocycles. The third-order valence-electron chi connectivity index (χ3n) is 3.02. The van der Waals surface area contributed by atoms with Crippen molar-refractivity contribution in [2.24, 2.45) is 0 Å². The third-order valence-corrected chi connectivity index (χ3v) is 3.70. The van der Waals surface area contributed by atoms with Crippen molar-refractivity contribution in [2.75, 3.05) is 11.9 Å². The van der Waals surface area contributed by atoms with E-state index in [1.54, 1.807) is 16.8 Å². The summed E-state index contributed by atoms with van der Waals surface area (Å²) in [6, 6.07) is 2.47. The van der Waals surface area contributed by atoms with Crippen LogP contribution in [0.5, 0.6) is 0 Å². The summed E-state index contributed by atoms with van der Waals surface area (Å²) >= 11 is 1.39. The Bertz CT molecular complexity index is 675. The normalized spacial score (nSPS) is 13.5. The average Bonchev–Trinajstić information content (AvgIpc) is 3.01. The summed E-state index contributed by atoms with van der Waals surface area (Å²) in [5, 5.41) is 18.1. The number of hydrogen-bond donors (Lipinski definition) is 3. The first-order chi connectivity index (χ1) is 10.3. The predicted octanol–water partition coefficient (Wildman–Crippen LogP) is 3.19. The zero-order valence-electron chi connectivity index (χ0n) is 11.5. The van der Waals surface area contributed by atoms with Gasteiger partial charge in [-0.05, 0) is 41.4 Å². The van der Waals surface area contributed by atoms with Gasteiger partial charge in [-0.25, -0.2) is 18.0 Å². The molecule has 1 atom stereocenters. The molecule has 0 saturated heterocycles. The monoisotopic (exact) mass is 330 g/mol. The minimum Gasteiger partial charge on any atom is -0.384 e. The number of urea groups is 1. The summed E-state index contributed by atoms with van der Waals surface area (Å²) in [6.45, 7) is 1.37. The fourth-order valence-corrected chi connectivity index (χ4v) is 2.50. The molecule has 2 amide bonds. The zero-order valence-corrected chi connectivity index (χ0v) is 12.3. The Morgan fingerprint density at radius 2 is 2.00 bits per heavy atom. The van der Waals surface area contributed by atoms with E-state index in [9.17, 15) is 23.1 Å². The van der Waals surface area contributed by atoms with E-state index in [-0.39, 0.29) is 6.54 Å². The second-order valence-corrected chi connectivity index (χ2v) is 5.60. The van der Waals surface area contributed by atoms with Gasteiger partial charge in [-0.2, -0.15) is 11.3 Å². The molecule has 1 unspecified atom stereocenters. The lowest BCUT2D eigenvalue weighted by atomic mass is 9.99. The molecule has 0 saturated carbocycles. The van der Waals surface area contributed by atoms with Gasteiger partial charge in [0.25, 0.3) is 0 Å². The Labute approximate surface area is 128 Å². The number of carbonyl (C=O) groups is 1. The van der Waals surface area contributed by atoms with Gasteiger partial charge in [-0.15, -0.1) is 0 Å². The van der Waals surface area contributed by atoms with Gasteiger partial charge in [0, 0.05) is 0 Å². The average molecular weight is 330 g/mol. The highest BCUT2D eigenvalue weighted by Gasteiger charge is 2.24. The molecule has 0 aliphatic heterocycles. The molecule has 118 valence electrons. The molecule has 3 N–H and O–H groups in total. The van der Waals surface area contributed by atoms with Crippen LogP contribution in [-0.4, -0.2) is 17.7 Å². The number of rotatable bonds is 4. The van der Waals surface area contributed by atoms with E-state index >= 15 is 0 Å². The van der Waals surface area contributed by atoms with E-state index in [1.807, 2.05) is 0 Å². The lowest BCUT2D eigenvalue weighted by Crippen LogP contribution is -2.40. The Morgan fingerprint density at radius 3 is 2.64 bits per heavy atom. The first-order valence-electron chi connectivity index (χ1n) is 6.24. The maximum Gasteiger partial charge on any atom is 0.319 e. The topological polar surface area (TPSA) is 61.4 Å². The maximum atomic E-state index is 13.4. The summed E-state index contributed by atoms with van der Waals surface area (Å²) < 4.78 is 39.2. The third kappa shape index (κ3) is 3.58. The SMILES string of the molecule is CC(O)(CNC(=O)Nc1ccc(F)c(F)c1F)c1ccsc1. The number of hydrogen-bond acceptors (Lipinski definition) is 3. The molecule has 1 aromatic carbocycles. The molecule has 0 spiro atoms. The molecule has 2 aromatic rings. The van der Waals surface area contributed by atoms with Gasteiger partial charge >= 0.3 is 6.03 Å². The van der Waals surface area contributed by atoms with Gasteiger partial charge < -0.3 is 15.7 Å². The van der Waals surface area contributed by atoms with E-state index in [0.717, 1.165) is 6.07 Å². The van der Waals surface area contributed by atoms with E-state index in [0.29, 0.717) is 11.6 Å². The van der Waals surface area contributed by atoms with Gasteiger partial charge in [0.1, 0.15) is 5.60 Å². The van der Waals surface area contributed by atoms with Gasteiger partial charge in [-0.1, -0.05) is 0 Å². The molecule has 22 heavy (non-hydrogen) atoms. The second-order valence-electron chi connectivity index (χ2n) is 4.82. The summed E-state index contributed by atoms with van der Waals surface area (Å²) in [6.07, 6.45) is 0. The first-order valence-corrected chi connectivity index (χ1v) is 7.19. The van der Waals surface area contributed by atoms with Crippen LogP contribution >= 0.6 is 11.3 Å². The Hall–Kier alpha value is -2.06. The van der Waals surface area contributed by atoms with Crippen molar-refractivity contribution in [3.05, 3.63) is 52.0 Å². The van der Waals surface area contributed by atoms with Crippen molar-refractivity contribution in [3.63, 3.8) is 0 Å². The second kappa shape index (κ2) is 6.37. The molecule has 1 heterocycles. The molecular formula is C14H13F3N2O2S. The molecule has 8 heteroatoms. The van der Waals surface area contributed by atoms with E-state index in [1.165, 1.54) is 18.3 Å². The Balaban J connectivity index is 1.98. The number of aliphatic hydroxyl groups is 1. The molecule has 0 aliphatic rings. The van der Waals surface area contributed by atoms with Gasteiger partial charge in [0.05, 0.1) is 12.2 Å².